The van der Waals surface area contributed by atoms with Gasteiger partial charge in [-0.15, -0.1) is 0 Å². The lowest BCUT2D eigenvalue weighted by Crippen LogP contribution is -2.06. The number of carbonyl (C=O) groups excluding carboxylic acids is 1. The number of ketones is 1. The average molecular weight is 259 g/mol. The largest absolute Gasteiger partial charge is 0.492 e. The maximum Gasteiger partial charge on any atom is 0.169 e. The first-order valence-electron chi connectivity index (χ1n) is 5.29. The van der Waals surface area contributed by atoms with Crippen LogP contribution in [0.3, 0.4) is 0 Å². The minimum absolute atomic E-state index is 0.0906. The van der Waals surface area contributed by atoms with Gasteiger partial charge in [-0.3, -0.25) is 4.79 Å². The standard InChI is InChI=1S/C12H12Cl2O2/c1-2-16-12-9(11(15)7-3-4-7)5-8(13)6-10(12)14/h5-7H,2-4H2,1H3. The topological polar surface area (TPSA) is 26.3 Å². The van der Waals surface area contributed by atoms with Gasteiger partial charge in [0.05, 0.1) is 17.2 Å². The number of rotatable bonds is 4. The van der Waals surface area contributed by atoms with Crippen LogP contribution < -0.4 is 4.74 Å². The van der Waals surface area contributed by atoms with Gasteiger partial charge in [0.15, 0.2) is 5.78 Å². The molecule has 0 unspecified atom stereocenters. The molecule has 0 aromatic heterocycles. The minimum Gasteiger partial charge on any atom is -0.492 e. The van der Waals surface area contributed by atoms with E-state index in [1.54, 1.807) is 12.1 Å². The predicted octanol–water partition coefficient (Wildman–Crippen LogP) is 3.98. The van der Waals surface area contributed by atoms with Crippen molar-refractivity contribution in [2.45, 2.75) is 19.8 Å². The normalized spacial score (nSPS) is 14.9. The third-order valence-corrected chi connectivity index (χ3v) is 3.01. The zero-order valence-corrected chi connectivity index (χ0v) is 10.4. The first kappa shape index (κ1) is 11.7. The molecule has 0 saturated heterocycles. The Bertz CT molecular complexity index is 425. The van der Waals surface area contributed by atoms with Gasteiger partial charge in [0, 0.05) is 10.9 Å². The van der Waals surface area contributed by atoms with Crippen LogP contribution in [0.2, 0.25) is 10.0 Å². The molecule has 0 heterocycles. The Labute approximate surface area is 104 Å². The quantitative estimate of drug-likeness (QED) is 0.764. The van der Waals surface area contributed by atoms with Crippen LogP contribution in [0.4, 0.5) is 0 Å². The smallest absolute Gasteiger partial charge is 0.169 e. The lowest BCUT2D eigenvalue weighted by atomic mass is 10.1. The van der Waals surface area contributed by atoms with E-state index in [0.29, 0.717) is 28.0 Å². The molecule has 0 spiro atoms. The van der Waals surface area contributed by atoms with Gasteiger partial charge in [-0.1, -0.05) is 23.2 Å². The Morgan fingerprint density at radius 3 is 2.69 bits per heavy atom. The summed E-state index contributed by atoms with van der Waals surface area (Å²) < 4.78 is 5.41. The van der Waals surface area contributed by atoms with Crippen molar-refractivity contribution in [2.24, 2.45) is 5.92 Å². The molecule has 0 radical (unpaired) electrons. The molecule has 0 amide bonds. The maximum atomic E-state index is 12.0. The van der Waals surface area contributed by atoms with E-state index in [2.05, 4.69) is 0 Å². The zero-order chi connectivity index (χ0) is 11.7. The second-order valence-corrected chi connectivity index (χ2v) is 4.68. The number of halogens is 2. The molecule has 2 rings (SSSR count). The van der Waals surface area contributed by atoms with E-state index in [1.807, 2.05) is 6.92 Å². The molecule has 1 fully saturated rings. The monoisotopic (exact) mass is 258 g/mol. The number of benzene rings is 1. The van der Waals surface area contributed by atoms with Crippen LogP contribution in [0, 0.1) is 5.92 Å². The molecule has 1 saturated carbocycles. The molecule has 4 heteroatoms. The predicted molar refractivity (Wildman–Crippen MR) is 64.7 cm³/mol. The van der Waals surface area contributed by atoms with Crippen molar-refractivity contribution in [1.82, 2.24) is 0 Å². The van der Waals surface area contributed by atoms with Crippen molar-refractivity contribution < 1.29 is 9.53 Å². The zero-order valence-electron chi connectivity index (χ0n) is 8.93. The fourth-order valence-corrected chi connectivity index (χ4v) is 2.15. The van der Waals surface area contributed by atoms with Gasteiger partial charge in [0.2, 0.25) is 0 Å². The van der Waals surface area contributed by atoms with Crippen LogP contribution in [-0.2, 0) is 0 Å². The van der Waals surface area contributed by atoms with Crippen molar-refractivity contribution in [3.05, 3.63) is 27.7 Å². The van der Waals surface area contributed by atoms with Crippen molar-refractivity contribution in [2.75, 3.05) is 6.61 Å². The molecule has 86 valence electrons. The van der Waals surface area contributed by atoms with Crippen LogP contribution in [0.25, 0.3) is 0 Å². The van der Waals surface area contributed by atoms with Crippen molar-refractivity contribution in [3.63, 3.8) is 0 Å². The summed E-state index contributed by atoms with van der Waals surface area (Å²) in [5, 5.41) is 0.871. The summed E-state index contributed by atoms with van der Waals surface area (Å²) in [6.07, 6.45) is 1.91. The van der Waals surface area contributed by atoms with Gasteiger partial charge in [0.1, 0.15) is 5.75 Å². The molecule has 1 aliphatic rings. The van der Waals surface area contributed by atoms with E-state index >= 15 is 0 Å². The maximum absolute atomic E-state index is 12.0. The van der Waals surface area contributed by atoms with Gasteiger partial charge in [-0.2, -0.15) is 0 Å². The van der Waals surface area contributed by atoms with Gasteiger partial charge in [-0.05, 0) is 31.9 Å². The number of ether oxygens (including phenoxy) is 1. The number of Topliss-reactive ketones (excluding diaryl/α,β-unsaturated/α-hetero) is 1. The number of hydrogen-bond donors (Lipinski definition) is 0. The summed E-state index contributed by atoms with van der Waals surface area (Å²) in [5.74, 6) is 0.687. The van der Waals surface area contributed by atoms with E-state index in [1.165, 1.54) is 0 Å². The van der Waals surface area contributed by atoms with Gasteiger partial charge in [-0.25, -0.2) is 0 Å². The highest BCUT2D eigenvalue weighted by Crippen LogP contribution is 2.39. The number of carbonyl (C=O) groups is 1. The third-order valence-electron chi connectivity index (χ3n) is 2.51. The van der Waals surface area contributed by atoms with E-state index in [0.717, 1.165) is 12.8 Å². The Morgan fingerprint density at radius 1 is 1.44 bits per heavy atom. The number of hydrogen-bond acceptors (Lipinski definition) is 2. The Balaban J connectivity index is 2.43. The Hall–Kier alpha value is -0.730. The van der Waals surface area contributed by atoms with E-state index in [4.69, 9.17) is 27.9 Å². The van der Waals surface area contributed by atoms with Crippen molar-refractivity contribution in [3.8, 4) is 5.75 Å². The lowest BCUT2D eigenvalue weighted by molar-refractivity contribution is 0.0964. The molecular weight excluding hydrogens is 247 g/mol. The molecular formula is C12H12Cl2O2. The van der Waals surface area contributed by atoms with Crippen LogP contribution in [0.15, 0.2) is 12.1 Å². The Morgan fingerprint density at radius 2 is 2.12 bits per heavy atom. The molecule has 16 heavy (non-hydrogen) atoms. The summed E-state index contributed by atoms with van der Waals surface area (Å²) in [6, 6.07) is 3.23. The Kier molecular flexibility index (Phi) is 3.41. The highest BCUT2D eigenvalue weighted by atomic mass is 35.5. The molecule has 1 aliphatic carbocycles. The SMILES string of the molecule is CCOc1c(Cl)cc(Cl)cc1C(=O)C1CC1. The summed E-state index contributed by atoms with van der Waals surface area (Å²) in [5.41, 5.74) is 0.516. The fraction of sp³-hybridized carbons (Fsp3) is 0.417. The third kappa shape index (κ3) is 2.33. The van der Waals surface area contributed by atoms with Crippen LogP contribution in [0.5, 0.6) is 5.75 Å². The molecule has 0 atom stereocenters. The summed E-state index contributed by atoms with van der Waals surface area (Å²) >= 11 is 11.9. The molecule has 1 aromatic carbocycles. The fourth-order valence-electron chi connectivity index (χ4n) is 1.60. The molecule has 2 nitrogen and oxygen atoms in total. The van der Waals surface area contributed by atoms with Crippen molar-refractivity contribution >= 4 is 29.0 Å². The lowest BCUT2D eigenvalue weighted by Gasteiger charge is -2.11. The first-order valence-corrected chi connectivity index (χ1v) is 6.05. The first-order chi connectivity index (χ1) is 7.63. The minimum atomic E-state index is 0.0906. The molecule has 0 bridgehead atoms. The summed E-state index contributed by atoms with van der Waals surface area (Å²) in [4.78, 5) is 12.0. The highest BCUT2D eigenvalue weighted by Gasteiger charge is 2.33. The average Bonchev–Trinajstić information content (AvgIpc) is 3.04. The van der Waals surface area contributed by atoms with E-state index < -0.39 is 0 Å². The highest BCUT2D eigenvalue weighted by molar-refractivity contribution is 6.36. The summed E-state index contributed by atoms with van der Waals surface area (Å²) in [7, 11) is 0. The van der Waals surface area contributed by atoms with E-state index in [9.17, 15) is 4.79 Å². The van der Waals surface area contributed by atoms with Crippen LogP contribution >= 0.6 is 23.2 Å². The van der Waals surface area contributed by atoms with Gasteiger partial charge < -0.3 is 4.74 Å². The van der Waals surface area contributed by atoms with Gasteiger partial charge in [0.25, 0.3) is 0 Å². The van der Waals surface area contributed by atoms with Crippen LogP contribution in [0.1, 0.15) is 30.1 Å². The van der Waals surface area contributed by atoms with Crippen LogP contribution in [-0.4, -0.2) is 12.4 Å². The van der Waals surface area contributed by atoms with Crippen molar-refractivity contribution in [1.29, 1.82) is 0 Å². The van der Waals surface area contributed by atoms with E-state index in [-0.39, 0.29) is 11.7 Å². The molecule has 1 aromatic rings. The second kappa shape index (κ2) is 4.64. The molecule has 0 N–H and O–H groups in total. The second-order valence-electron chi connectivity index (χ2n) is 3.84. The van der Waals surface area contributed by atoms with Gasteiger partial charge >= 0.3 is 0 Å². The summed E-state index contributed by atoms with van der Waals surface area (Å²) in [6.45, 7) is 2.34. The molecule has 0 aliphatic heterocycles.